The third-order valence-corrected chi connectivity index (χ3v) is 7.38. The molecule has 0 bridgehead atoms. The van der Waals surface area contributed by atoms with Crippen LogP contribution in [-0.4, -0.2) is 54.8 Å². The summed E-state index contributed by atoms with van der Waals surface area (Å²) in [5.41, 5.74) is 5.75. The van der Waals surface area contributed by atoms with Crippen molar-refractivity contribution < 1.29 is 8.42 Å². The fraction of sp³-hybridized carbons (Fsp3) is 0.615. The molecule has 1 aliphatic heterocycles. The molecule has 1 atom stereocenters. The van der Waals surface area contributed by atoms with Gasteiger partial charge in [0.15, 0.2) is 0 Å². The minimum Gasteiger partial charge on any atom is -0.392 e. The van der Waals surface area contributed by atoms with Crippen LogP contribution in [0.15, 0.2) is 16.3 Å². The van der Waals surface area contributed by atoms with Crippen molar-refractivity contribution in [3.63, 3.8) is 0 Å². The molecule has 0 saturated carbocycles. The molecule has 5 nitrogen and oxygen atoms in total. The third kappa shape index (κ3) is 3.62. The molecule has 21 heavy (non-hydrogen) atoms. The molecular formula is C13H21N3O2S3. The molecule has 0 radical (unpaired) electrons. The molecule has 2 rings (SSSR count). The van der Waals surface area contributed by atoms with Gasteiger partial charge in [-0.3, -0.25) is 4.90 Å². The highest BCUT2D eigenvalue weighted by Gasteiger charge is 2.31. The lowest BCUT2D eigenvalue weighted by molar-refractivity contribution is 0.165. The lowest BCUT2D eigenvalue weighted by atomic mass is 10.1. The molecule has 118 valence electrons. The molecule has 2 N–H and O–H groups in total. The van der Waals surface area contributed by atoms with Gasteiger partial charge < -0.3 is 5.73 Å². The number of rotatable bonds is 5. The molecule has 1 aliphatic rings. The van der Waals surface area contributed by atoms with E-state index >= 15 is 0 Å². The van der Waals surface area contributed by atoms with Gasteiger partial charge in [-0.05, 0) is 25.5 Å². The van der Waals surface area contributed by atoms with Crippen LogP contribution in [0, 0.1) is 6.92 Å². The number of piperazine rings is 1. The summed E-state index contributed by atoms with van der Waals surface area (Å²) in [5, 5.41) is 0. The third-order valence-electron chi connectivity index (χ3n) is 3.74. The van der Waals surface area contributed by atoms with E-state index in [0.29, 0.717) is 35.4 Å². The SMILES string of the molecule is CCC(C(N)=S)N1CCN(S(=O)(=O)c2ccc(C)s2)CC1. The summed E-state index contributed by atoms with van der Waals surface area (Å²) >= 11 is 6.41. The van der Waals surface area contributed by atoms with E-state index in [1.165, 1.54) is 11.3 Å². The number of thiophene rings is 1. The van der Waals surface area contributed by atoms with E-state index < -0.39 is 10.0 Å². The lowest BCUT2D eigenvalue weighted by Gasteiger charge is -2.37. The number of nitrogens with zero attached hydrogens (tertiary/aromatic N) is 2. The zero-order valence-corrected chi connectivity index (χ0v) is 14.7. The van der Waals surface area contributed by atoms with Gasteiger partial charge in [0.25, 0.3) is 10.0 Å². The highest BCUT2D eigenvalue weighted by Crippen LogP contribution is 2.25. The number of hydrogen-bond acceptors (Lipinski definition) is 5. The summed E-state index contributed by atoms with van der Waals surface area (Å²) in [4.78, 5) is 3.67. The van der Waals surface area contributed by atoms with E-state index in [9.17, 15) is 8.42 Å². The van der Waals surface area contributed by atoms with Crippen molar-refractivity contribution in [1.82, 2.24) is 9.21 Å². The van der Waals surface area contributed by atoms with Crippen LogP contribution in [0.5, 0.6) is 0 Å². The van der Waals surface area contributed by atoms with Gasteiger partial charge in [-0.25, -0.2) is 8.42 Å². The Morgan fingerprint density at radius 2 is 2.00 bits per heavy atom. The molecule has 1 aromatic rings. The fourth-order valence-corrected chi connectivity index (χ4v) is 5.75. The van der Waals surface area contributed by atoms with Gasteiger partial charge >= 0.3 is 0 Å². The van der Waals surface area contributed by atoms with Crippen LogP contribution in [-0.2, 0) is 10.0 Å². The Hall–Kier alpha value is -0.540. The van der Waals surface area contributed by atoms with Crippen LogP contribution in [0.2, 0.25) is 0 Å². The summed E-state index contributed by atoms with van der Waals surface area (Å²) in [6.07, 6.45) is 0.853. The van der Waals surface area contributed by atoms with E-state index in [1.54, 1.807) is 10.4 Å². The summed E-state index contributed by atoms with van der Waals surface area (Å²) in [7, 11) is -3.36. The number of nitrogens with two attached hydrogens (primary N) is 1. The van der Waals surface area contributed by atoms with Gasteiger partial charge in [0, 0.05) is 31.1 Å². The Bertz CT molecular complexity index is 604. The van der Waals surface area contributed by atoms with Crippen LogP contribution in [0.3, 0.4) is 0 Å². The zero-order chi connectivity index (χ0) is 15.6. The number of sulfonamides is 1. The van der Waals surface area contributed by atoms with Crippen molar-refractivity contribution in [2.24, 2.45) is 5.73 Å². The number of aryl methyl sites for hydroxylation is 1. The monoisotopic (exact) mass is 347 g/mol. The largest absolute Gasteiger partial charge is 0.392 e. The van der Waals surface area contributed by atoms with E-state index in [2.05, 4.69) is 4.90 Å². The van der Waals surface area contributed by atoms with Crippen molar-refractivity contribution in [1.29, 1.82) is 0 Å². The smallest absolute Gasteiger partial charge is 0.252 e. The Labute approximate surface area is 135 Å². The van der Waals surface area contributed by atoms with E-state index in [1.807, 2.05) is 19.9 Å². The van der Waals surface area contributed by atoms with Crippen LogP contribution in [0.4, 0.5) is 0 Å². The van der Waals surface area contributed by atoms with Crippen molar-refractivity contribution in [3.8, 4) is 0 Å². The molecule has 0 spiro atoms. The topological polar surface area (TPSA) is 66.6 Å². The maximum Gasteiger partial charge on any atom is 0.252 e. The molecule has 1 saturated heterocycles. The first-order valence-electron chi connectivity index (χ1n) is 6.96. The van der Waals surface area contributed by atoms with Crippen molar-refractivity contribution in [2.45, 2.75) is 30.5 Å². The van der Waals surface area contributed by atoms with Gasteiger partial charge in [0.2, 0.25) is 0 Å². The van der Waals surface area contributed by atoms with Gasteiger partial charge in [-0.1, -0.05) is 19.1 Å². The average molecular weight is 348 g/mol. The maximum atomic E-state index is 12.5. The van der Waals surface area contributed by atoms with E-state index in [-0.39, 0.29) is 6.04 Å². The van der Waals surface area contributed by atoms with Crippen LogP contribution in [0.25, 0.3) is 0 Å². The van der Waals surface area contributed by atoms with E-state index in [0.717, 1.165) is 11.3 Å². The zero-order valence-electron chi connectivity index (χ0n) is 12.3. The Morgan fingerprint density at radius 3 is 2.43 bits per heavy atom. The molecule has 8 heteroatoms. The van der Waals surface area contributed by atoms with Crippen LogP contribution < -0.4 is 5.73 Å². The quantitative estimate of drug-likeness (QED) is 0.816. The second-order valence-electron chi connectivity index (χ2n) is 5.13. The molecule has 0 aliphatic carbocycles. The highest BCUT2D eigenvalue weighted by molar-refractivity contribution is 7.91. The standard InChI is InChI=1S/C13H21N3O2S3/c1-3-11(13(14)19)15-6-8-16(9-7-15)21(17,18)12-5-4-10(2)20-12/h4-5,11H,3,6-9H2,1-2H3,(H2,14,19). The average Bonchev–Trinajstić information content (AvgIpc) is 2.87. The summed E-state index contributed by atoms with van der Waals surface area (Å²) in [6, 6.07) is 3.59. The van der Waals surface area contributed by atoms with Gasteiger partial charge in [0.1, 0.15) is 4.21 Å². The second kappa shape index (κ2) is 6.70. The number of thiocarbonyl (C=S) groups is 1. The first-order valence-corrected chi connectivity index (χ1v) is 9.62. The lowest BCUT2D eigenvalue weighted by Crippen LogP contribution is -2.54. The van der Waals surface area contributed by atoms with Crippen molar-refractivity contribution >= 4 is 38.6 Å². The molecule has 2 heterocycles. The molecule has 1 unspecified atom stereocenters. The van der Waals surface area contributed by atoms with Gasteiger partial charge in [0.05, 0.1) is 11.0 Å². The Balaban J connectivity index is 2.05. The minimum atomic E-state index is -3.36. The Kier molecular flexibility index (Phi) is 5.37. The molecule has 0 amide bonds. The second-order valence-corrected chi connectivity index (χ2v) is 9.06. The summed E-state index contributed by atoms with van der Waals surface area (Å²) in [6.45, 7) is 6.26. The fourth-order valence-electron chi connectivity index (χ4n) is 2.57. The van der Waals surface area contributed by atoms with Crippen molar-refractivity contribution in [2.75, 3.05) is 26.2 Å². The first-order chi connectivity index (χ1) is 9.86. The normalized spacial score (nSPS) is 19.5. The minimum absolute atomic E-state index is 0.0637. The van der Waals surface area contributed by atoms with E-state index in [4.69, 9.17) is 18.0 Å². The predicted octanol–water partition coefficient (Wildman–Crippen LogP) is 1.43. The van der Waals surface area contributed by atoms with Crippen LogP contribution in [0.1, 0.15) is 18.2 Å². The van der Waals surface area contributed by atoms with Gasteiger partial charge in [-0.15, -0.1) is 11.3 Å². The molecule has 1 fully saturated rings. The predicted molar refractivity (Wildman–Crippen MR) is 90.3 cm³/mol. The molecule has 0 aromatic carbocycles. The summed E-state index contributed by atoms with van der Waals surface area (Å²) in [5.74, 6) is 0. The maximum absolute atomic E-state index is 12.5. The van der Waals surface area contributed by atoms with Crippen molar-refractivity contribution in [3.05, 3.63) is 17.0 Å². The van der Waals surface area contributed by atoms with Crippen LogP contribution >= 0.6 is 23.6 Å². The molecule has 1 aromatic heterocycles. The number of hydrogen-bond donors (Lipinski definition) is 1. The Morgan fingerprint density at radius 1 is 1.38 bits per heavy atom. The summed E-state index contributed by atoms with van der Waals surface area (Å²) < 4.78 is 27.1. The highest BCUT2D eigenvalue weighted by atomic mass is 32.2. The molecular weight excluding hydrogens is 326 g/mol. The van der Waals surface area contributed by atoms with Gasteiger partial charge in [-0.2, -0.15) is 4.31 Å². The first kappa shape index (κ1) is 16.8.